The Morgan fingerprint density at radius 2 is 1.97 bits per heavy atom. The maximum absolute atomic E-state index is 13.2. The predicted molar refractivity (Wildman–Crippen MR) is 105 cm³/mol. The van der Waals surface area contributed by atoms with Gasteiger partial charge in [-0.2, -0.15) is 18.2 Å². The number of alkyl halides is 3. The summed E-state index contributed by atoms with van der Waals surface area (Å²) in [6.45, 7) is 1.78. The molecule has 4 rings (SSSR count). The topological polar surface area (TPSA) is 115 Å². The number of nitrogens with two attached hydrogens (primary N) is 1. The number of pyridine rings is 1. The van der Waals surface area contributed by atoms with E-state index in [1.807, 2.05) is 0 Å². The molecule has 0 aliphatic heterocycles. The Hall–Kier alpha value is -3.34. The van der Waals surface area contributed by atoms with Crippen LogP contribution in [0.25, 0.3) is 11.3 Å². The van der Waals surface area contributed by atoms with Crippen LogP contribution in [0.1, 0.15) is 53.1 Å². The molecular formula is C21H20F4N4O3. The number of aromatic nitrogens is 3. The number of hydrogen-bond acceptors (Lipinski definition) is 6. The smallest absolute Gasteiger partial charge is 0.419 e. The van der Waals surface area contributed by atoms with Gasteiger partial charge in [0.15, 0.2) is 5.82 Å². The highest BCUT2D eigenvalue weighted by atomic mass is 19.4. The van der Waals surface area contributed by atoms with E-state index in [4.69, 9.17) is 15.4 Å². The van der Waals surface area contributed by atoms with Crippen LogP contribution in [0, 0.1) is 18.7 Å². The van der Waals surface area contributed by atoms with Crippen molar-refractivity contribution in [3.8, 4) is 11.3 Å². The molecule has 3 aromatic rings. The summed E-state index contributed by atoms with van der Waals surface area (Å²) < 4.78 is 55.8. The van der Waals surface area contributed by atoms with Crippen molar-refractivity contribution in [3.63, 3.8) is 0 Å². The van der Waals surface area contributed by atoms with Crippen LogP contribution in [0.4, 0.5) is 17.6 Å². The van der Waals surface area contributed by atoms with E-state index in [-0.39, 0.29) is 23.0 Å². The van der Waals surface area contributed by atoms with Gasteiger partial charge in [-0.1, -0.05) is 24.1 Å². The molecule has 11 heteroatoms. The zero-order valence-electron chi connectivity index (χ0n) is 16.9. The van der Waals surface area contributed by atoms with Crippen LogP contribution in [0.15, 0.2) is 40.9 Å². The average Bonchev–Trinajstić information content (AvgIpc) is 3.44. The summed E-state index contributed by atoms with van der Waals surface area (Å²) in [6.07, 6.45) is -1.21. The first-order chi connectivity index (χ1) is 15.0. The first-order valence-corrected chi connectivity index (χ1v) is 9.68. The third kappa shape index (κ3) is 6.10. The number of carboxylic acid groups (broad SMARTS) is 1. The molecule has 1 saturated carbocycles. The molecule has 2 aromatic heterocycles. The summed E-state index contributed by atoms with van der Waals surface area (Å²) >= 11 is 0. The summed E-state index contributed by atoms with van der Waals surface area (Å²) in [6, 6.07) is 6.26. The van der Waals surface area contributed by atoms with Crippen LogP contribution in [0.5, 0.6) is 0 Å². The highest BCUT2D eigenvalue weighted by Gasteiger charge is 2.34. The Bertz CT molecular complexity index is 1100. The molecule has 7 nitrogen and oxygen atoms in total. The van der Waals surface area contributed by atoms with Crippen molar-refractivity contribution in [3.05, 3.63) is 65.2 Å². The van der Waals surface area contributed by atoms with Crippen LogP contribution in [0.3, 0.4) is 0 Å². The van der Waals surface area contributed by atoms with Gasteiger partial charge < -0.3 is 15.4 Å². The highest BCUT2D eigenvalue weighted by Crippen LogP contribution is 2.36. The predicted octanol–water partition coefficient (Wildman–Crippen LogP) is 4.78. The van der Waals surface area contributed by atoms with Crippen molar-refractivity contribution in [2.24, 2.45) is 11.7 Å². The summed E-state index contributed by atoms with van der Waals surface area (Å²) in [4.78, 5) is 18.6. The third-order valence-corrected chi connectivity index (χ3v) is 4.69. The lowest BCUT2D eigenvalue weighted by molar-refractivity contribution is -0.139. The number of halogens is 4. The van der Waals surface area contributed by atoms with Crippen molar-refractivity contribution < 1.29 is 32.0 Å². The Labute approximate surface area is 180 Å². The zero-order chi connectivity index (χ0) is 23.5. The van der Waals surface area contributed by atoms with Gasteiger partial charge in [0.25, 0.3) is 0 Å². The lowest BCUT2D eigenvalue weighted by atomic mass is 10.1. The molecule has 0 saturated heterocycles. The molecule has 0 amide bonds. The second-order valence-electron chi connectivity index (χ2n) is 7.36. The van der Waals surface area contributed by atoms with Crippen LogP contribution in [-0.2, 0) is 6.18 Å². The standard InChI is InChI=1S/C13H7F4NO2.C8H13N3O/c14-9-5-4-7(6-8(9)13(15,16)17)10-2-1-3-11(18-10)12(19)20;1-5-10-8(11-12-5)7(9)4-6-2-3-6/h1-6H,(H,19,20);6-7H,2-4,9H2,1H3/t;7-/m.0/s1. The van der Waals surface area contributed by atoms with E-state index < -0.39 is 23.5 Å². The molecule has 1 aliphatic carbocycles. The minimum Gasteiger partial charge on any atom is -0.477 e. The summed E-state index contributed by atoms with van der Waals surface area (Å²) in [5.41, 5.74) is 4.15. The van der Waals surface area contributed by atoms with Crippen molar-refractivity contribution in [2.75, 3.05) is 0 Å². The average molecular weight is 452 g/mol. The molecule has 170 valence electrons. The Kier molecular flexibility index (Phi) is 6.87. The highest BCUT2D eigenvalue weighted by molar-refractivity contribution is 5.86. The SMILES string of the molecule is Cc1nc([C@@H](N)CC2CC2)no1.O=C(O)c1cccc(-c2ccc(F)c(C(F)(F)F)c2)n1. The maximum Gasteiger partial charge on any atom is 0.419 e. The Morgan fingerprint density at radius 3 is 2.53 bits per heavy atom. The fourth-order valence-corrected chi connectivity index (χ4v) is 2.90. The molecule has 1 aliphatic rings. The molecule has 0 radical (unpaired) electrons. The normalized spacial score (nSPS) is 14.4. The van der Waals surface area contributed by atoms with E-state index in [9.17, 15) is 22.4 Å². The quantitative estimate of drug-likeness (QED) is 0.535. The van der Waals surface area contributed by atoms with Gasteiger partial charge in [0.2, 0.25) is 5.89 Å². The second kappa shape index (κ2) is 9.43. The first-order valence-electron chi connectivity index (χ1n) is 9.68. The van der Waals surface area contributed by atoms with Gasteiger partial charge >= 0.3 is 12.1 Å². The number of hydrogen-bond donors (Lipinski definition) is 2. The van der Waals surface area contributed by atoms with E-state index in [2.05, 4.69) is 15.1 Å². The minimum atomic E-state index is -4.83. The number of carbonyl (C=O) groups is 1. The Balaban J connectivity index is 0.000000204. The molecule has 0 bridgehead atoms. The molecular weight excluding hydrogens is 432 g/mol. The fourth-order valence-electron chi connectivity index (χ4n) is 2.90. The van der Waals surface area contributed by atoms with Crippen molar-refractivity contribution in [1.82, 2.24) is 15.1 Å². The van der Waals surface area contributed by atoms with Gasteiger partial charge in [-0.25, -0.2) is 14.2 Å². The van der Waals surface area contributed by atoms with E-state index in [1.54, 1.807) is 6.92 Å². The Morgan fingerprint density at radius 1 is 1.25 bits per heavy atom. The largest absolute Gasteiger partial charge is 0.477 e. The molecule has 3 N–H and O–H groups in total. The van der Waals surface area contributed by atoms with Gasteiger partial charge in [-0.15, -0.1) is 0 Å². The minimum absolute atomic E-state index is 0.0122. The number of rotatable bonds is 5. The van der Waals surface area contributed by atoms with Crippen molar-refractivity contribution in [1.29, 1.82) is 0 Å². The van der Waals surface area contributed by atoms with Gasteiger partial charge in [0, 0.05) is 12.5 Å². The summed E-state index contributed by atoms with van der Waals surface area (Å²) in [7, 11) is 0. The lowest BCUT2D eigenvalue weighted by Gasteiger charge is -2.10. The molecule has 32 heavy (non-hydrogen) atoms. The molecule has 2 heterocycles. The van der Waals surface area contributed by atoms with E-state index in [0.717, 1.165) is 18.4 Å². The van der Waals surface area contributed by atoms with E-state index in [0.29, 0.717) is 23.8 Å². The van der Waals surface area contributed by atoms with Gasteiger partial charge in [0.1, 0.15) is 11.5 Å². The zero-order valence-corrected chi connectivity index (χ0v) is 16.9. The molecule has 1 atom stereocenters. The summed E-state index contributed by atoms with van der Waals surface area (Å²) in [5, 5.41) is 12.6. The third-order valence-electron chi connectivity index (χ3n) is 4.69. The maximum atomic E-state index is 13.2. The summed E-state index contributed by atoms with van der Waals surface area (Å²) in [5.74, 6) is -0.643. The van der Waals surface area contributed by atoms with E-state index in [1.165, 1.54) is 31.0 Å². The van der Waals surface area contributed by atoms with Gasteiger partial charge in [0.05, 0.1) is 17.3 Å². The van der Waals surface area contributed by atoms with Gasteiger partial charge in [-0.05, 0) is 42.7 Å². The molecule has 1 aromatic carbocycles. The number of nitrogens with zero attached hydrogens (tertiary/aromatic N) is 3. The second-order valence-corrected chi connectivity index (χ2v) is 7.36. The van der Waals surface area contributed by atoms with E-state index >= 15 is 0 Å². The molecule has 0 unspecified atom stereocenters. The van der Waals surface area contributed by atoms with Crippen LogP contribution >= 0.6 is 0 Å². The van der Waals surface area contributed by atoms with Crippen LogP contribution < -0.4 is 5.73 Å². The lowest BCUT2D eigenvalue weighted by Crippen LogP contribution is -2.12. The number of aryl methyl sites for hydroxylation is 1. The molecule has 1 fully saturated rings. The van der Waals surface area contributed by atoms with Crippen LogP contribution in [-0.4, -0.2) is 26.2 Å². The van der Waals surface area contributed by atoms with Crippen LogP contribution in [0.2, 0.25) is 0 Å². The number of aromatic carboxylic acids is 1. The first kappa shape index (κ1) is 23.3. The van der Waals surface area contributed by atoms with Crippen molar-refractivity contribution in [2.45, 2.75) is 38.4 Å². The number of carboxylic acids is 1. The molecule has 0 spiro atoms. The van der Waals surface area contributed by atoms with Gasteiger partial charge in [-0.3, -0.25) is 0 Å². The monoisotopic (exact) mass is 452 g/mol. The fraction of sp³-hybridized carbons (Fsp3) is 0.333. The number of benzene rings is 1. The van der Waals surface area contributed by atoms with Crippen molar-refractivity contribution >= 4 is 5.97 Å².